The van der Waals surface area contributed by atoms with E-state index in [0.29, 0.717) is 13.1 Å². The largest absolute Gasteiger partial charge is 0.352 e. The Balaban J connectivity index is 2.00. The molecule has 0 saturated carbocycles. The number of nitrogens with one attached hydrogen (secondary N) is 1. The lowest BCUT2D eigenvalue weighted by molar-refractivity contribution is 0.392. The number of hydrogen-bond donors (Lipinski definition) is 1. The molecule has 1 aromatic carbocycles. The molecule has 1 aromatic rings. The first kappa shape index (κ1) is 13.8. The summed E-state index contributed by atoms with van der Waals surface area (Å²) in [5, 5.41) is 3.29. The zero-order valence-electron chi connectivity index (χ0n) is 11.8. The van der Waals surface area contributed by atoms with Gasteiger partial charge in [0.2, 0.25) is 0 Å². The molecule has 0 atom stereocenters. The Morgan fingerprint density at radius 1 is 1.42 bits per heavy atom. The van der Waals surface area contributed by atoms with Gasteiger partial charge >= 0.3 is 0 Å². The molecule has 0 bridgehead atoms. The van der Waals surface area contributed by atoms with Gasteiger partial charge in [0, 0.05) is 32.2 Å². The lowest BCUT2D eigenvalue weighted by Crippen LogP contribution is -2.35. The van der Waals surface area contributed by atoms with Gasteiger partial charge in [-0.05, 0) is 31.8 Å². The van der Waals surface area contributed by atoms with Gasteiger partial charge < -0.3 is 15.1 Å². The van der Waals surface area contributed by atoms with E-state index in [-0.39, 0.29) is 5.82 Å². The second-order valence-electron chi connectivity index (χ2n) is 5.14. The Bertz CT molecular complexity index is 471. The molecule has 0 amide bonds. The molecule has 1 aliphatic rings. The highest BCUT2D eigenvalue weighted by Crippen LogP contribution is 2.12. The lowest BCUT2D eigenvalue weighted by atomic mass is 10.1. The third-order valence-electron chi connectivity index (χ3n) is 3.11. The second-order valence-corrected chi connectivity index (χ2v) is 5.14. The van der Waals surface area contributed by atoms with Crippen LogP contribution in [0, 0.1) is 5.82 Å². The quantitative estimate of drug-likeness (QED) is 0.888. The summed E-state index contributed by atoms with van der Waals surface area (Å²) in [5.41, 5.74) is 1.80. The first-order valence-corrected chi connectivity index (χ1v) is 6.48. The van der Waals surface area contributed by atoms with Crippen LogP contribution in [0.2, 0.25) is 0 Å². The first-order valence-electron chi connectivity index (χ1n) is 6.48. The molecule has 19 heavy (non-hydrogen) atoms. The van der Waals surface area contributed by atoms with Gasteiger partial charge in [-0.15, -0.1) is 0 Å². The van der Waals surface area contributed by atoms with Crippen LogP contribution in [-0.2, 0) is 13.1 Å². The number of likely N-dealkylation sites (N-methyl/N-ethyl adjacent to an activating group) is 1. The van der Waals surface area contributed by atoms with Crippen molar-refractivity contribution in [2.75, 3.05) is 34.2 Å². The molecule has 0 saturated heterocycles. The van der Waals surface area contributed by atoms with Gasteiger partial charge in [0.05, 0.1) is 6.54 Å². The summed E-state index contributed by atoms with van der Waals surface area (Å²) < 4.78 is 13.7. The van der Waals surface area contributed by atoms with Crippen LogP contribution in [0.15, 0.2) is 23.2 Å². The number of nitrogens with zero attached hydrogens (tertiary/aromatic N) is 3. The maximum Gasteiger partial charge on any atom is 0.194 e. The summed E-state index contributed by atoms with van der Waals surface area (Å²) in [6.45, 7) is 3.08. The van der Waals surface area contributed by atoms with Crippen LogP contribution in [-0.4, -0.2) is 50.0 Å². The highest BCUT2D eigenvalue weighted by atomic mass is 19.1. The number of aliphatic imine (C=N–C) groups is 1. The van der Waals surface area contributed by atoms with E-state index in [4.69, 9.17) is 0 Å². The Morgan fingerprint density at radius 2 is 2.21 bits per heavy atom. The fraction of sp³-hybridized carbons (Fsp3) is 0.500. The van der Waals surface area contributed by atoms with Crippen LogP contribution in [0.25, 0.3) is 0 Å². The van der Waals surface area contributed by atoms with Gasteiger partial charge in [-0.1, -0.05) is 6.07 Å². The van der Waals surface area contributed by atoms with Crippen molar-refractivity contribution in [1.82, 2.24) is 15.1 Å². The number of hydrogen-bond acceptors (Lipinski definition) is 4. The van der Waals surface area contributed by atoms with Crippen LogP contribution < -0.4 is 5.32 Å². The summed E-state index contributed by atoms with van der Waals surface area (Å²) in [6.07, 6.45) is 0. The molecular formula is C14H21FN4. The minimum Gasteiger partial charge on any atom is -0.352 e. The van der Waals surface area contributed by atoms with E-state index >= 15 is 0 Å². The number of rotatable bonds is 4. The molecule has 2 rings (SSSR count). The molecule has 0 radical (unpaired) electrons. The maximum atomic E-state index is 13.7. The van der Waals surface area contributed by atoms with E-state index in [1.165, 1.54) is 6.07 Å². The summed E-state index contributed by atoms with van der Waals surface area (Å²) >= 11 is 0. The van der Waals surface area contributed by atoms with Crippen molar-refractivity contribution in [1.29, 1.82) is 0 Å². The van der Waals surface area contributed by atoms with Crippen LogP contribution in [0.4, 0.5) is 4.39 Å². The Labute approximate surface area is 113 Å². The molecule has 0 fully saturated rings. The molecular weight excluding hydrogens is 243 g/mol. The smallest absolute Gasteiger partial charge is 0.194 e. The topological polar surface area (TPSA) is 30.9 Å². The molecule has 1 heterocycles. The molecule has 0 aliphatic carbocycles. The highest BCUT2D eigenvalue weighted by molar-refractivity contribution is 5.81. The standard InChI is InChI=1S/C14H21FN4/c1-18(2)10-12-8-11(4-5-13(12)15)9-17-14-16-6-7-19(14)3/h4-5,8H,6-7,9-10H2,1-3H3,(H,16,17). The molecule has 4 nitrogen and oxygen atoms in total. The minimum absolute atomic E-state index is 0.146. The Morgan fingerprint density at radius 3 is 2.84 bits per heavy atom. The van der Waals surface area contributed by atoms with Gasteiger partial charge in [-0.3, -0.25) is 4.99 Å². The fourth-order valence-corrected chi connectivity index (χ4v) is 2.10. The van der Waals surface area contributed by atoms with Crippen molar-refractivity contribution >= 4 is 5.96 Å². The van der Waals surface area contributed by atoms with Crippen LogP contribution in [0.5, 0.6) is 0 Å². The average molecular weight is 264 g/mol. The van der Waals surface area contributed by atoms with Crippen LogP contribution in [0.3, 0.4) is 0 Å². The second kappa shape index (κ2) is 6.02. The molecule has 1 N–H and O–H groups in total. The zero-order valence-corrected chi connectivity index (χ0v) is 11.8. The Kier molecular flexibility index (Phi) is 4.37. The van der Waals surface area contributed by atoms with Crippen LogP contribution >= 0.6 is 0 Å². The molecule has 1 aliphatic heterocycles. The van der Waals surface area contributed by atoms with Crippen LogP contribution in [0.1, 0.15) is 11.1 Å². The van der Waals surface area contributed by atoms with E-state index in [2.05, 4.69) is 15.2 Å². The molecule has 0 spiro atoms. The van der Waals surface area contributed by atoms with Gasteiger partial charge in [-0.2, -0.15) is 0 Å². The number of benzene rings is 1. The molecule has 0 aromatic heterocycles. The number of guanidine groups is 1. The van der Waals surface area contributed by atoms with E-state index < -0.39 is 0 Å². The molecule has 5 heteroatoms. The normalized spacial score (nSPS) is 15.0. The van der Waals surface area contributed by atoms with E-state index in [0.717, 1.165) is 30.2 Å². The van der Waals surface area contributed by atoms with Gasteiger partial charge in [0.1, 0.15) is 5.82 Å². The van der Waals surface area contributed by atoms with Crippen molar-refractivity contribution in [3.63, 3.8) is 0 Å². The summed E-state index contributed by atoms with van der Waals surface area (Å²) in [5.74, 6) is 0.770. The first-order chi connectivity index (χ1) is 9.06. The summed E-state index contributed by atoms with van der Waals surface area (Å²) in [4.78, 5) is 8.42. The lowest BCUT2D eigenvalue weighted by Gasteiger charge is -2.16. The molecule has 0 unspecified atom stereocenters. The van der Waals surface area contributed by atoms with Gasteiger partial charge in [-0.25, -0.2) is 4.39 Å². The summed E-state index contributed by atoms with van der Waals surface area (Å²) in [6, 6.07) is 5.27. The van der Waals surface area contributed by atoms with E-state index in [9.17, 15) is 4.39 Å². The molecule has 104 valence electrons. The summed E-state index contributed by atoms with van der Waals surface area (Å²) in [7, 11) is 5.89. The predicted molar refractivity (Wildman–Crippen MR) is 75.6 cm³/mol. The average Bonchev–Trinajstić information content (AvgIpc) is 2.75. The van der Waals surface area contributed by atoms with Crippen molar-refractivity contribution in [3.05, 3.63) is 35.1 Å². The van der Waals surface area contributed by atoms with Gasteiger partial charge in [0.25, 0.3) is 0 Å². The minimum atomic E-state index is -0.146. The monoisotopic (exact) mass is 264 g/mol. The van der Waals surface area contributed by atoms with Crippen molar-refractivity contribution in [2.24, 2.45) is 4.99 Å². The third-order valence-corrected chi connectivity index (χ3v) is 3.11. The third kappa shape index (κ3) is 3.67. The van der Waals surface area contributed by atoms with Gasteiger partial charge in [0.15, 0.2) is 5.96 Å². The van der Waals surface area contributed by atoms with E-state index in [1.54, 1.807) is 0 Å². The zero-order chi connectivity index (χ0) is 13.8. The van der Waals surface area contributed by atoms with Crippen molar-refractivity contribution in [3.8, 4) is 0 Å². The highest BCUT2D eigenvalue weighted by Gasteiger charge is 2.12. The van der Waals surface area contributed by atoms with Crippen molar-refractivity contribution in [2.45, 2.75) is 13.1 Å². The fourth-order valence-electron chi connectivity index (χ4n) is 2.10. The Hall–Kier alpha value is -1.62. The number of halogens is 1. The maximum absolute atomic E-state index is 13.7. The van der Waals surface area contributed by atoms with E-state index in [1.807, 2.05) is 38.2 Å². The van der Waals surface area contributed by atoms with Crippen molar-refractivity contribution < 1.29 is 4.39 Å². The predicted octanol–water partition coefficient (Wildman–Crippen LogP) is 1.28. The SMILES string of the molecule is CN(C)Cc1cc(CNC2=NCCN2C)ccc1F.